The number of carboxylic acid groups (broad SMARTS) is 1. The lowest BCUT2D eigenvalue weighted by Gasteiger charge is -1.99. The summed E-state index contributed by atoms with van der Waals surface area (Å²) >= 11 is 1.69. The summed E-state index contributed by atoms with van der Waals surface area (Å²) in [4.78, 5) is 15.5. The summed E-state index contributed by atoms with van der Waals surface area (Å²) in [5, 5.41) is 8.49. The van der Waals surface area contributed by atoms with Crippen LogP contribution in [0.4, 0.5) is 0 Å². The second kappa shape index (κ2) is 4.87. The van der Waals surface area contributed by atoms with Crippen LogP contribution < -0.4 is 0 Å². The Labute approximate surface area is 81.2 Å². The largest absolute Gasteiger partial charge is 0.481 e. The van der Waals surface area contributed by atoms with E-state index in [1.807, 2.05) is 6.07 Å². The molecular formula is C9H11NO2S. The highest BCUT2D eigenvalue weighted by Crippen LogP contribution is 2.15. The van der Waals surface area contributed by atoms with Crippen LogP contribution in [0.5, 0.6) is 0 Å². The molecule has 0 saturated carbocycles. The molecule has 1 aromatic rings. The Morgan fingerprint density at radius 1 is 1.62 bits per heavy atom. The molecule has 70 valence electrons. The fourth-order valence-electron chi connectivity index (χ4n) is 0.922. The van der Waals surface area contributed by atoms with E-state index in [1.54, 1.807) is 24.0 Å². The van der Waals surface area contributed by atoms with Crippen molar-refractivity contribution in [3.8, 4) is 0 Å². The summed E-state index contributed by atoms with van der Waals surface area (Å²) in [6, 6.07) is 3.66. The van der Waals surface area contributed by atoms with Crippen molar-refractivity contribution in [2.75, 3.05) is 5.75 Å². The molecule has 0 unspecified atom stereocenters. The maximum Gasteiger partial charge on any atom is 0.309 e. The number of carboxylic acids is 1. The molecular weight excluding hydrogens is 186 g/mol. The highest BCUT2D eigenvalue weighted by molar-refractivity contribution is 7.99. The van der Waals surface area contributed by atoms with Gasteiger partial charge < -0.3 is 5.11 Å². The zero-order valence-electron chi connectivity index (χ0n) is 7.36. The minimum absolute atomic E-state index is 0.00291. The average molecular weight is 197 g/mol. The smallest absolute Gasteiger partial charge is 0.309 e. The molecule has 0 aliphatic rings. The first-order chi connectivity index (χ1) is 6.22. The van der Waals surface area contributed by atoms with Crippen LogP contribution in [0.2, 0.25) is 0 Å². The van der Waals surface area contributed by atoms with Gasteiger partial charge in [0.2, 0.25) is 0 Å². The van der Waals surface area contributed by atoms with Crippen molar-refractivity contribution in [1.29, 1.82) is 0 Å². The molecule has 0 radical (unpaired) electrons. The highest BCUT2D eigenvalue weighted by atomic mass is 32.2. The second-order valence-electron chi connectivity index (χ2n) is 2.49. The van der Waals surface area contributed by atoms with Crippen LogP contribution in [0.3, 0.4) is 0 Å². The Morgan fingerprint density at radius 2 is 2.38 bits per heavy atom. The summed E-state index contributed by atoms with van der Waals surface area (Å²) in [7, 11) is 0. The van der Waals surface area contributed by atoms with Crippen LogP contribution in [0, 0.1) is 0 Å². The molecule has 13 heavy (non-hydrogen) atoms. The SMILES string of the molecule is CCSc1ccc(CC(=O)O)nc1. The first-order valence-electron chi connectivity index (χ1n) is 4.02. The summed E-state index contributed by atoms with van der Waals surface area (Å²) in [6.45, 7) is 2.07. The fraction of sp³-hybridized carbons (Fsp3) is 0.333. The van der Waals surface area contributed by atoms with Gasteiger partial charge in [0.05, 0.1) is 12.1 Å². The van der Waals surface area contributed by atoms with E-state index in [0.717, 1.165) is 10.6 Å². The van der Waals surface area contributed by atoms with Crippen molar-refractivity contribution in [2.45, 2.75) is 18.2 Å². The number of rotatable bonds is 4. The quantitative estimate of drug-likeness (QED) is 0.748. The molecule has 1 rings (SSSR count). The van der Waals surface area contributed by atoms with Gasteiger partial charge in [0.15, 0.2) is 0 Å². The van der Waals surface area contributed by atoms with Gasteiger partial charge in [-0.2, -0.15) is 0 Å². The molecule has 0 fully saturated rings. The average Bonchev–Trinajstić information content (AvgIpc) is 2.08. The van der Waals surface area contributed by atoms with Gasteiger partial charge in [0.1, 0.15) is 0 Å². The molecule has 0 atom stereocenters. The van der Waals surface area contributed by atoms with Crippen LogP contribution in [0.15, 0.2) is 23.2 Å². The van der Waals surface area contributed by atoms with Gasteiger partial charge in [-0.15, -0.1) is 11.8 Å². The van der Waals surface area contributed by atoms with Crippen LogP contribution in [0.1, 0.15) is 12.6 Å². The molecule has 1 N–H and O–H groups in total. The number of aromatic nitrogens is 1. The van der Waals surface area contributed by atoms with E-state index >= 15 is 0 Å². The Morgan fingerprint density at radius 3 is 2.85 bits per heavy atom. The van der Waals surface area contributed by atoms with Gasteiger partial charge in [0, 0.05) is 11.1 Å². The number of nitrogens with zero attached hydrogens (tertiary/aromatic N) is 1. The van der Waals surface area contributed by atoms with Crippen molar-refractivity contribution < 1.29 is 9.90 Å². The van der Waals surface area contributed by atoms with Gasteiger partial charge in [-0.3, -0.25) is 9.78 Å². The molecule has 0 saturated heterocycles. The van der Waals surface area contributed by atoms with Gasteiger partial charge in [-0.25, -0.2) is 0 Å². The van der Waals surface area contributed by atoms with Crippen LogP contribution in [0.25, 0.3) is 0 Å². The predicted octanol–water partition coefficient (Wildman–Crippen LogP) is 1.82. The van der Waals surface area contributed by atoms with Gasteiger partial charge in [0.25, 0.3) is 0 Å². The normalized spacial score (nSPS) is 9.92. The lowest BCUT2D eigenvalue weighted by Crippen LogP contribution is -2.01. The molecule has 0 amide bonds. The number of aliphatic carboxylic acids is 1. The first kappa shape index (κ1) is 10.1. The summed E-state index contributed by atoms with van der Waals surface area (Å²) in [6.07, 6.45) is 1.71. The monoisotopic (exact) mass is 197 g/mol. The van der Waals surface area contributed by atoms with E-state index in [2.05, 4.69) is 11.9 Å². The molecule has 0 aliphatic carbocycles. The van der Waals surface area contributed by atoms with E-state index in [0.29, 0.717) is 5.69 Å². The number of hydrogen-bond acceptors (Lipinski definition) is 3. The predicted molar refractivity (Wildman–Crippen MR) is 52.0 cm³/mol. The lowest BCUT2D eigenvalue weighted by molar-refractivity contribution is -0.136. The van der Waals surface area contributed by atoms with E-state index in [-0.39, 0.29) is 6.42 Å². The van der Waals surface area contributed by atoms with Crippen molar-refractivity contribution in [2.24, 2.45) is 0 Å². The fourth-order valence-corrected chi connectivity index (χ4v) is 1.55. The standard InChI is InChI=1S/C9H11NO2S/c1-2-13-8-4-3-7(10-6-8)5-9(11)12/h3-4,6H,2,5H2,1H3,(H,11,12). The van der Waals surface area contributed by atoms with Crippen molar-refractivity contribution in [3.63, 3.8) is 0 Å². The van der Waals surface area contributed by atoms with Crippen molar-refractivity contribution in [1.82, 2.24) is 4.98 Å². The minimum atomic E-state index is -0.844. The van der Waals surface area contributed by atoms with Crippen LogP contribution in [-0.2, 0) is 11.2 Å². The van der Waals surface area contributed by atoms with Gasteiger partial charge in [-0.1, -0.05) is 6.92 Å². The summed E-state index contributed by atoms with van der Waals surface area (Å²) in [5.74, 6) is 0.156. The number of thioether (sulfide) groups is 1. The number of pyridine rings is 1. The number of hydrogen-bond donors (Lipinski definition) is 1. The first-order valence-corrected chi connectivity index (χ1v) is 5.00. The third-order valence-corrected chi connectivity index (χ3v) is 2.30. The van der Waals surface area contributed by atoms with E-state index in [9.17, 15) is 4.79 Å². The maximum absolute atomic E-state index is 10.3. The second-order valence-corrected chi connectivity index (χ2v) is 3.83. The molecule has 1 aromatic heterocycles. The molecule has 0 aliphatic heterocycles. The summed E-state index contributed by atoms with van der Waals surface area (Å²) < 4.78 is 0. The maximum atomic E-state index is 10.3. The Hall–Kier alpha value is -1.03. The van der Waals surface area contributed by atoms with E-state index < -0.39 is 5.97 Å². The summed E-state index contributed by atoms with van der Waals surface area (Å²) in [5.41, 5.74) is 0.605. The highest BCUT2D eigenvalue weighted by Gasteiger charge is 2.01. The molecule has 1 heterocycles. The molecule has 0 spiro atoms. The number of carbonyl (C=O) groups is 1. The van der Waals surface area contributed by atoms with Gasteiger partial charge >= 0.3 is 5.97 Å². The Bertz CT molecular complexity index is 284. The zero-order chi connectivity index (χ0) is 9.68. The zero-order valence-corrected chi connectivity index (χ0v) is 8.17. The molecule has 0 aromatic carbocycles. The molecule has 0 bridgehead atoms. The molecule has 3 nitrogen and oxygen atoms in total. The van der Waals surface area contributed by atoms with Crippen LogP contribution in [-0.4, -0.2) is 21.8 Å². The minimum Gasteiger partial charge on any atom is -0.481 e. The third-order valence-electron chi connectivity index (χ3n) is 1.44. The van der Waals surface area contributed by atoms with Gasteiger partial charge in [-0.05, 0) is 17.9 Å². The topological polar surface area (TPSA) is 50.2 Å². The van der Waals surface area contributed by atoms with E-state index in [4.69, 9.17) is 5.11 Å². The third kappa shape index (κ3) is 3.46. The molecule has 4 heteroatoms. The Balaban J connectivity index is 2.64. The van der Waals surface area contributed by atoms with Crippen molar-refractivity contribution >= 4 is 17.7 Å². The Kier molecular flexibility index (Phi) is 3.76. The van der Waals surface area contributed by atoms with Crippen molar-refractivity contribution in [3.05, 3.63) is 24.0 Å². The van der Waals surface area contributed by atoms with E-state index in [1.165, 1.54) is 0 Å². The van der Waals surface area contributed by atoms with Crippen LogP contribution >= 0.6 is 11.8 Å². The lowest BCUT2D eigenvalue weighted by atomic mass is 10.3.